The SMILES string of the molecule is COCCn1ncc(Cl)c1C(=O)CCCN. The van der Waals surface area contributed by atoms with Gasteiger partial charge in [0, 0.05) is 13.5 Å². The maximum Gasteiger partial charge on any atom is 0.182 e. The van der Waals surface area contributed by atoms with Crippen LogP contribution in [0.2, 0.25) is 5.02 Å². The molecule has 0 saturated carbocycles. The van der Waals surface area contributed by atoms with Gasteiger partial charge in [-0.15, -0.1) is 0 Å². The molecular formula is C10H16ClN3O2. The van der Waals surface area contributed by atoms with E-state index in [0.717, 1.165) is 0 Å². The fraction of sp³-hybridized carbons (Fsp3) is 0.600. The van der Waals surface area contributed by atoms with Gasteiger partial charge < -0.3 is 10.5 Å². The second kappa shape index (κ2) is 6.62. The van der Waals surface area contributed by atoms with Gasteiger partial charge in [-0.1, -0.05) is 11.6 Å². The van der Waals surface area contributed by atoms with Crippen LogP contribution >= 0.6 is 11.6 Å². The number of carbonyl (C=O) groups is 1. The average molecular weight is 246 g/mol. The molecule has 1 aromatic heterocycles. The van der Waals surface area contributed by atoms with Crippen molar-refractivity contribution < 1.29 is 9.53 Å². The summed E-state index contributed by atoms with van der Waals surface area (Å²) in [4.78, 5) is 11.8. The van der Waals surface area contributed by atoms with Gasteiger partial charge in [-0.2, -0.15) is 5.10 Å². The molecule has 0 aromatic carbocycles. The smallest absolute Gasteiger partial charge is 0.182 e. The molecule has 0 amide bonds. The summed E-state index contributed by atoms with van der Waals surface area (Å²) in [6.45, 7) is 1.51. The topological polar surface area (TPSA) is 70.1 Å². The van der Waals surface area contributed by atoms with Crippen LogP contribution in [0.3, 0.4) is 0 Å². The van der Waals surface area contributed by atoms with E-state index in [4.69, 9.17) is 22.1 Å². The van der Waals surface area contributed by atoms with Crippen LogP contribution in [0.4, 0.5) is 0 Å². The Hall–Kier alpha value is -0.910. The van der Waals surface area contributed by atoms with Crippen molar-refractivity contribution in [3.63, 3.8) is 0 Å². The number of nitrogens with two attached hydrogens (primary N) is 1. The van der Waals surface area contributed by atoms with Crippen molar-refractivity contribution >= 4 is 17.4 Å². The molecule has 2 N–H and O–H groups in total. The number of Topliss-reactive ketones (excluding diaryl/α,β-unsaturated/α-hetero) is 1. The first-order chi connectivity index (χ1) is 7.70. The van der Waals surface area contributed by atoms with E-state index >= 15 is 0 Å². The first-order valence-electron chi connectivity index (χ1n) is 5.14. The normalized spacial score (nSPS) is 10.7. The van der Waals surface area contributed by atoms with Gasteiger partial charge in [0.25, 0.3) is 0 Å². The molecule has 16 heavy (non-hydrogen) atoms. The number of rotatable bonds is 7. The lowest BCUT2D eigenvalue weighted by Crippen LogP contribution is -2.15. The maximum absolute atomic E-state index is 11.8. The molecule has 1 aromatic rings. The Morgan fingerprint density at radius 1 is 1.69 bits per heavy atom. The first-order valence-corrected chi connectivity index (χ1v) is 5.52. The first kappa shape index (κ1) is 13.2. The highest BCUT2D eigenvalue weighted by Crippen LogP contribution is 2.17. The Morgan fingerprint density at radius 3 is 3.06 bits per heavy atom. The molecule has 6 heteroatoms. The highest BCUT2D eigenvalue weighted by Gasteiger charge is 2.16. The molecule has 1 heterocycles. The number of carbonyl (C=O) groups excluding carboxylic acids is 1. The number of nitrogens with zero attached hydrogens (tertiary/aromatic N) is 2. The average Bonchev–Trinajstić information content (AvgIpc) is 2.64. The fourth-order valence-electron chi connectivity index (χ4n) is 1.37. The number of aromatic nitrogens is 2. The van der Waals surface area contributed by atoms with E-state index in [1.54, 1.807) is 11.8 Å². The number of halogens is 1. The van der Waals surface area contributed by atoms with Gasteiger partial charge in [0.2, 0.25) is 0 Å². The summed E-state index contributed by atoms with van der Waals surface area (Å²) in [5.74, 6) is -0.0240. The van der Waals surface area contributed by atoms with Gasteiger partial charge in [0.15, 0.2) is 5.78 Å². The Morgan fingerprint density at radius 2 is 2.44 bits per heavy atom. The number of ketones is 1. The summed E-state index contributed by atoms with van der Waals surface area (Å²) in [6, 6.07) is 0. The van der Waals surface area contributed by atoms with Crippen LogP contribution in [0.5, 0.6) is 0 Å². The van der Waals surface area contributed by atoms with Gasteiger partial charge in [0.1, 0.15) is 5.69 Å². The van der Waals surface area contributed by atoms with Gasteiger partial charge in [0.05, 0.1) is 24.4 Å². The molecule has 0 fully saturated rings. The Kier molecular flexibility index (Phi) is 5.45. The van der Waals surface area contributed by atoms with Crippen LogP contribution in [0, 0.1) is 0 Å². The van der Waals surface area contributed by atoms with Crippen molar-refractivity contribution in [2.24, 2.45) is 5.73 Å². The highest BCUT2D eigenvalue weighted by atomic mass is 35.5. The summed E-state index contributed by atoms with van der Waals surface area (Å²) in [5, 5.41) is 4.42. The molecule has 0 unspecified atom stereocenters. The molecule has 0 saturated heterocycles. The van der Waals surface area contributed by atoms with E-state index in [1.807, 2.05) is 0 Å². The van der Waals surface area contributed by atoms with Gasteiger partial charge in [-0.25, -0.2) is 0 Å². The maximum atomic E-state index is 11.8. The molecule has 0 aliphatic heterocycles. The molecule has 0 spiro atoms. The third kappa shape index (κ3) is 3.30. The van der Waals surface area contributed by atoms with E-state index in [0.29, 0.717) is 43.3 Å². The van der Waals surface area contributed by atoms with Crippen LogP contribution in [0.25, 0.3) is 0 Å². The quantitative estimate of drug-likeness (QED) is 0.731. The third-order valence-corrected chi connectivity index (χ3v) is 2.45. The zero-order chi connectivity index (χ0) is 12.0. The number of ether oxygens (including phenoxy) is 1. The van der Waals surface area contributed by atoms with Crippen molar-refractivity contribution in [3.05, 3.63) is 16.9 Å². The van der Waals surface area contributed by atoms with E-state index < -0.39 is 0 Å². The molecule has 0 radical (unpaired) electrons. The molecule has 1 rings (SSSR count). The summed E-state index contributed by atoms with van der Waals surface area (Å²) in [6.07, 6.45) is 2.53. The Labute approximate surface area is 99.5 Å². The minimum Gasteiger partial charge on any atom is -0.383 e. The fourth-order valence-corrected chi connectivity index (χ4v) is 1.61. The molecule has 5 nitrogen and oxygen atoms in total. The number of hydrogen-bond acceptors (Lipinski definition) is 4. The summed E-state index contributed by atoms with van der Waals surface area (Å²) >= 11 is 5.92. The predicted octanol–water partition coefficient (Wildman–Crippen LogP) is 1.10. The summed E-state index contributed by atoms with van der Waals surface area (Å²) < 4.78 is 6.51. The van der Waals surface area contributed by atoms with Crippen molar-refractivity contribution in [2.75, 3.05) is 20.3 Å². The number of methoxy groups -OCH3 is 1. The standard InChI is InChI=1S/C10H16ClN3O2/c1-16-6-5-14-10(8(11)7-13-14)9(15)3-2-4-12/h7H,2-6,12H2,1H3. The molecule has 0 aliphatic rings. The largest absolute Gasteiger partial charge is 0.383 e. The van der Waals surface area contributed by atoms with Crippen molar-refractivity contribution in [1.82, 2.24) is 9.78 Å². The minimum atomic E-state index is -0.0240. The number of hydrogen-bond donors (Lipinski definition) is 1. The van der Waals surface area contributed by atoms with Crippen LogP contribution in [-0.2, 0) is 11.3 Å². The zero-order valence-electron chi connectivity index (χ0n) is 9.28. The molecule has 0 aliphatic carbocycles. The monoisotopic (exact) mass is 245 g/mol. The van der Waals surface area contributed by atoms with Crippen LogP contribution in [0.15, 0.2) is 6.20 Å². The van der Waals surface area contributed by atoms with Crippen LogP contribution in [0.1, 0.15) is 23.3 Å². The lowest BCUT2D eigenvalue weighted by molar-refractivity contribution is 0.0967. The predicted molar refractivity (Wildman–Crippen MR) is 61.7 cm³/mol. The van der Waals surface area contributed by atoms with E-state index in [1.165, 1.54) is 6.20 Å². The van der Waals surface area contributed by atoms with Crippen LogP contribution in [-0.4, -0.2) is 35.8 Å². The molecule has 90 valence electrons. The Bertz CT molecular complexity index is 352. The highest BCUT2D eigenvalue weighted by molar-refractivity contribution is 6.33. The van der Waals surface area contributed by atoms with Crippen molar-refractivity contribution in [1.29, 1.82) is 0 Å². The van der Waals surface area contributed by atoms with Crippen LogP contribution < -0.4 is 5.73 Å². The van der Waals surface area contributed by atoms with E-state index in [2.05, 4.69) is 5.10 Å². The third-order valence-electron chi connectivity index (χ3n) is 2.17. The molecule has 0 bridgehead atoms. The van der Waals surface area contributed by atoms with Gasteiger partial charge >= 0.3 is 0 Å². The van der Waals surface area contributed by atoms with Gasteiger partial charge in [-0.3, -0.25) is 9.48 Å². The lowest BCUT2D eigenvalue weighted by Gasteiger charge is -2.06. The second-order valence-corrected chi connectivity index (χ2v) is 3.78. The Balaban J connectivity index is 2.75. The van der Waals surface area contributed by atoms with E-state index in [9.17, 15) is 4.79 Å². The minimum absolute atomic E-state index is 0.0240. The van der Waals surface area contributed by atoms with E-state index in [-0.39, 0.29) is 5.78 Å². The zero-order valence-corrected chi connectivity index (χ0v) is 10.0. The van der Waals surface area contributed by atoms with Gasteiger partial charge in [-0.05, 0) is 13.0 Å². The second-order valence-electron chi connectivity index (χ2n) is 3.37. The lowest BCUT2D eigenvalue weighted by atomic mass is 10.1. The van der Waals surface area contributed by atoms with Crippen molar-refractivity contribution in [2.45, 2.75) is 19.4 Å². The molecule has 0 atom stereocenters. The van der Waals surface area contributed by atoms with Crippen molar-refractivity contribution in [3.8, 4) is 0 Å². The summed E-state index contributed by atoms with van der Waals surface area (Å²) in [5.41, 5.74) is 5.81. The molecular weight excluding hydrogens is 230 g/mol. The summed E-state index contributed by atoms with van der Waals surface area (Å²) in [7, 11) is 1.60.